The zero-order chi connectivity index (χ0) is 22.1. The maximum Gasteiger partial charge on any atom is 0.421 e. The second kappa shape index (κ2) is 11.8. The first-order chi connectivity index (χ1) is 15.2. The molecule has 8 nitrogen and oxygen atoms in total. The molecule has 0 bridgehead atoms. The van der Waals surface area contributed by atoms with E-state index in [-0.39, 0.29) is 0 Å². The van der Waals surface area contributed by atoms with Gasteiger partial charge in [0.2, 0.25) is 0 Å². The van der Waals surface area contributed by atoms with Crippen LogP contribution in [0.5, 0.6) is 0 Å². The van der Waals surface area contributed by atoms with Gasteiger partial charge in [0, 0.05) is 31.3 Å². The van der Waals surface area contributed by atoms with Crippen molar-refractivity contribution in [3.63, 3.8) is 0 Å². The van der Waals surface area contributed by atoms with E-state index in [4.69, 9.17) is 5.11 Å². The molecule has 0 amide bonds. The summed E-state index contributed by atoms with van der Waals surface area (Å²) in [5.74, 6) is 0.924. The number of aromatic nitrogens is 2. The fourth-order valence-electron chi connectivity index (χ4n) is 4.18. The summed E-state index contributed by atoms with van der Waals surface area (Å²) in [5.41, 5.74) is 11.4. The number of hydrogen-bond acceptors (Lipinski definition) is 4. The van der Waals surface area contributed by atoms with Crippen molar-refractivity contribution in [3.05, 3.63) is 30.6 Å². The highest BCUT2D eigenvalue weighted by atomic mass is 15.3. The van der Waals surface area contributed by atoms with E-state index in [9.17, 15) is 0 Å². The Morgan fingerprint density at radius 1 is 0.903 bits per heavy atom. The van der Waals surface area contributed by atoms with Crippen molar-refractivity contribution in [2.75, 3.05) is 49.1 Å². The summed E-state index contributed by atoms with van der Waals surface area (Å²) in [6.45, 7) is 12.4. The molecule has 6 N–H and O–H groups in total. The van der Waals surface area contributed by atoms with Gasteiger partial charge in [0.15, 0.2) is 0 Å². The van der Waals surface area contributed by atoms with Crippen molar-refractivity contribution in [1.82, 2.24) is 4.57 Å². The third kappa shape index (κ3) is 5.83. The molecular formula is C23H41N8+3. The van der Waals surface area contributed by atoms with E-state index >= 15 is 0 Å². The lowest BCUT2D eigenvalue weighted by molar-refractivity contribution is -0.684. The third-order valence-corrected chi connectivity index (χ3v) is 6.04. The highest BCUT2D eigenvalue weighted by Gasteiger charge is 2.22. The SMILES string of the molecule is CCN1CCN(CC)c2cc(N=Nc3n(CCCC[NH3+])cc[n+]3CCCC[NH3+])ccc21. The number of fused-ring (bicyclic) bond motifs is 1. The number of rotatable bonds is 12. The van der Waals surface area contributed by atoms with E-state index in [0.29, 0.717) is 0 Å². The number of unbranched alkanes of at least 4 members (excludes halogenated alkanes) is 2. The van der Waals surface area contributed by atoms with Gasteiger partial charge in [-0.2, -0.15) is 0 Å². The van der Waals surface area contributed by atoms with Crippen molar-refractivity contribution in [3.8, 4) is 0 Å². The van der Waals surface area contributed by atoms with Crippen molar-refractivity contribution in [2.24, 2.45) is 10.2 Å². The van der Waals surface area contributed by atoms with E-state index < -0.39 is 0 Å². The number of hydrogen-bond donors (Lipinski definition) is 2. The van der Waals surface area contributed by atoms with Crippen LogP contribution in [0.4, 0.5) is 23.0 Å². The zero-order valence-electron chi connectivity index (χ0n) is 19.5. The Labute approximate surface area is 186 Å². The van der Waals surface area contributed by atoms with Gasteiger partial charge in [-0.05, 0) is 57.7 Å². The monoisotopic (exact) mass is 429 g/mol. The van der Waals surface area contributed by atoms with Gasteiger partial charge in [0.05, 0.1) is 49.9 Å². The Morgan fingerprint density at radius 3 is 2.32 bits per heavy atom. The first kappa shape index (κ1) is 23.2. The molecule has 0 saturated carbocycles. The van der Waals surface area contributed by atoms with Gasteiger partial charge in [0.1, 0.15) is 5.69 Å². The maximum absolute atomic E-state index is 4.72. The molecule has 170 valence electrons. The van der Waals surface area contributed by atoms with Crippen molar-refractivity contribution < 1.29 is 16.0 Å². The number of azo groups is 1. The first-order valence-electron chi connectivity index (χ1n) is 11.9. The predicted octanol–water partition coefficient (Wildman–Crippen LogP) is 1.90. The summed E-state index contributed by atoms with van der Waals surface area (Å²) in [6.07, 6.45) is 8.73. The Hall–Kier alpha value is -2.45. The molecule has 1 aromatic heterocycles. The van der Waals surface area contributed by atoms with E-state index in [1.54, 1.807) is 0 Å². The summed E-state index contributed by atoms with van der Waals surface area (Å²) in [6, 6.07) is 6.48. The average molecular weight is 430 g/mol. The van der Waals surface area contributed by atoms with Crippen LogP contribution in [0, 0.1) is 0 Å². The van der Waals surface area contributed by atoms with Crippen molar-refractivity contribution >= 4 is 23.0 Å². The second-order valence-corrected chi connectivity index (χ2v) is 8.14. The van der Waals surface area contributed by atoms with E-state index in [1.807, 2.05) is 0 Å². The standard InChI is InChI=1S/C23H39N8/c1-3-28-15-16-29(4-2)22-19-20(9-10-21(22)28)26-27-23-30(13-7-5-11-24)17-18-31(23)14-8-6-12-25/h9-10,17-19H,3-8,11-16,24-25H2,1-2H3/q+1/p+2. The Bertz CT molecular complexity index is 817. The van der Waals surface area contributed by atoms with Gasteiger partial charge in [-0.25, -0.2) is 9.13 Å². The summed E-state index contributed by atoms with van der Waals surface area (Å²) in [7, 11) is 0. The minimum Gasteiger partial charge on any atom is -0.368 e. The van der Waals surface area contributed by atoms with Gasteiger partial charge < -0.3 is 21.3 Å². The number of imidazole rings is 1. The lowest BCUT2D eigenvalue weighted by Gasteiger charge is -2.38. The fraction of sp³-hybridized carbons (Fsp3) is 0.609. The lowest BCUT2D eigenvalue weighted by Crippen LogP contribution is -2.50. The number of anilines is 2. The lowest BCUT2D eigenvalue weighted by atomic mass is 10.1. The molecule has 0 radical (unpaired) electrons. The number of nitrogens with zero attached hydrogens (tertiary/aromatic N) is 6. The van der Waals surface area contributed by atoms with Crippen LogP contribution in [0.2, 0.25) is 0 Å². The normalized spacial score (nSPS) is 13.9. The molecule has 1 aliphatic rings. The molecule has 0 fully saturated rings. The molecule has 0 saturated heterocycles. The van der Waals surface area contributed by atoms with Crippen LogP contribution in [0.15, 0.2) is 40.8 Å². The molecule has 1 aliphatic heterocycles. The van der Waals surface area contributed by atoms with E-state index in [1.165, 1.54) is 11.4 Å². The molecule has 2 aromatic rings. The van der Waals surface area contributed by atoms with Gasteiger partial charge in [-0.15, -0.1) is 0 Å². The zero-order valence-corrected chi connectivity index (χ0v) is 19.5. The minimum atomic E-state index is 0.907. The quantitative estimate of drug-likeness (QED) is 0.306. The van der Waals surface area contributed by atoms with Gasteiger partial charge in [-0.1, -0.05) is 5.11 Å². The largest absolute Gasteiger partial charge is 0.421 e. The van der Waals surface area contributed by atoms with E-state index in [2.05, 4.69) is 80.0 Å². The van der Waals surface area contributed by atoms with Gasteiger partial charge in [-0.3, -0.25) is 0 Å². The fourth-order valence-corrected chi connectivity index (χ4v) is 4.18. The second-order valence-electron chi connectivity index (χ2n) is 8.14. The minimum absolute atomic E-state index is 0.907. The first-order valence-corrected chi connectivity index (χ1v) is 11.9. The Morgan fingerprint density at radius 2 is 1.61 bits per heavy atom. The molecule has 1 aromatic carbocycles. The van der Waals surface area contributed by atoms with Crippen LogP contribution >= 0.6 is 0 Å². The number of aryl methyl sites for hydroxylation is 2. The predicted molar refractivity (Wildman–Crippen MR) is 125 cm³/mol. The van der Waals surface area contributed by atoms with Crippen LogP contribution in [0.1, 0.15) is 39.5 Å². The van der Waals surface area contributed by atoms with Crippen molar-refractivity contribution in [1.29, 1.82) is 0 Å². The summed E-state index contributed by atoms with van der Waals surface area (Å²) in [4.78, 5) is 4.87. The van der Waals surface area contributed by atoms with Gasteiger partial charge >= 0.3 is 5.95 Å². The molecule has 2 heterocycles. The molecule has 3 rings (SSSR count). The topological polar surface area (TPSA) is 95.3 Å². The molecule has 0 aliphatic carbocycles. The smallest absolute Gasteiger partial charge is 0.368 e. The molecule has 31 heavy (non-hydrogen) atoms. The average Bonchev–Trinajstić information content (AvgIpc) is 3.18. The highest BCUT2D eigenvalue weighted by molar-refractivity contribution is 5.76. The Balaban J connectivity index is 1.85. The summed E-state index contributed by atoms with van der Waals surface area (Å²) in [5, 5.41) is 9.39. The van der Waals surface area contributed by atoms with E-state index in [0.717, 1.165) is 89.7 Å². The van der Waals surface area contributed by atoms with Crippen LogP contribution < -0.4 is 25.8 Å². The maximum atomic E-state index is 4.72. The van der Waals surface area contributed by atoms with Crippen LogP contribution in [0.25, 0.3) is 0 Å². The highest BCUT2D eigenvalue weighted by Crippen LogP contribution is 2.36. The summed E-state index contributed by atoms with van der Waals surface area (Å²) >= 11 is 0. The van der Waals surface area contributed by atoms with Gasteiger partial charge in [0.25, 0.3) is 0 Å². The summed E-state index contributed by atoms with van der Waals surface area (Å²) < 4.78 is 4.44. The molecule has 0 unspecified atom stereocenters. The van der Waals surface area contributed by atoms with Crippen LogP contribution in [-0.2, 0) is 13.1 Å². The Kier molecular flexibility index (Phi) is 8.85. The van der Waals surface area contributed by atoms with Crippen LogP contribution in [-0.4, -0.2) is 43.8 Å². The van der Waals surface area contributed by atoms with Crippen LogP contribution in [0.3, 0.4) is 0 Å². The molecule has 0 atom stereocenters. The molecule has 0 spiro atoms. The third-order valence-electron chi connectivity index (χ3n) is 6.04. The number of quaternary nitrogens is 2. The molecule has 8 heteroatoms. The molecular weight excluding hydrogens is 388 g/mol. The number of likely N-dealkylation sites (N-methyl/N-ethyl adjacent to an activating group) is 2. The van der Waals surface area contributed by atoms with Crippen molar-refractivity contribution in [2.45, 2.75) is 52.6 Å². The number of benzene rings is 1.